The number of hydrogen-bond acceptors (Lipinski definition) is 2. The Bertz CT molecular complexity index is 571. The number of hydrogen-bond donors (Lipinski definition) is 0. The lowest BCUT2D eigenvalue weighted by atomic mass is 10.2. The van der Waals surface area contributed by atoms with Gasteiger partial charge in [0.2, 0.25) is 0 Å². The first kappa shape index (κ1) is 11.3. The van der Waals surface area contributed by atoms with E-state index in [0.29, 0.717) is 0 Å². The largest absolute Gasteiger partial charge is 0.497 e. The first-order valence-electron chi connectivity index (χ1n) is 5.35. The average molecular weight is 226 g/mol. The average Bonchev–Trinajstić information content (AvgIpc) is 2.68. The topological polar surface area (TPSA) is 27.1 Å². The van der Waals surface area contributed by atoms with E-state index in [1.54, 1.807) is 13.3 Å². The SMILES string of the molecule is COc1ccc(C#Cc2cnc(C)n2C)cc1. The van der Waals surface area contributed by atoms with E-state index >= 15 is 0 Å². The lowest BCUT2D eigenvalue weighted by Crippen LogP contribution is -1.94. The lowest BCUT2D eigenvalue weighted by Gasteiger charge is -1.97. The first-order valence-corrected chi connectivity index (χ1v) is 5.35. The molecule has 0 amide bonds. The van der Waals surface area contributed by atoms with Crippen molar-refractivity contribution >= 4 is 0 Å². The minimum absolute atomic E-state index is 0.840. The highest BCUT2D eigenvalue weighted by Gasteiger charge is 1.97. The molecule has 0 aliphatic carbocycles. The van der Waals surface area contributed by atoms with Crippen LogP contribution in [-0.2, 0) is 7.05 Å². The van der Waals surface area contributed by atoms with E-state index in [0.717, 1.165) is 22.8 Å². The molecule has 1 heterocycles. The lowest BCUT2D eigenvalue weighted by molar-refractivity contribution is 0.415. The molecular weight excluding hydrogens is 212 g/mol. The van der Waals surface area contributed by atoms with Gasteiger partial charge in [-0.2, -0.15) is 0 Å². The van der Waals surface area contributed by atoms with Gasteiger partial charge in [0.1, 0.15) is 17.3 Å². The number of methoxy groups -OCH3 is 1. The fourth-order valence-electron chi connectivity index (χ4n) is 1.43. The fourth-order valence-corrected chi connectivity index (χ4v) is 1.43. The Hall–Kier alpha value is -2.21. The van der Waals surface area contributed by atoms with Gasteiger partial charge in [-0.1, -0.05) is 5.92 Å². The van der Waals surface area contributed by atoms with Gasteiger partial charge in [0.25, 0.3) is 0 Å². The van der Waals surface area contributed by atoms with Crippen molar-refractivity contribution in [1.29, 1.82) is 0 Å². The van der Waals surface area contributed by atoms with Gasteiger partial charge in [0.15, 0.2) is 0 Å². The zero-order valence-electron chi connectivity index (χ0n) is 10.2. The van der Waals surface area contributed by atoms with E-state index in [1.165, 1.54) is 0 Å². The summed E-state index contributed by atoms with van der Waals surface area (Å²) in [6, 6.07) is 7.68. The van der Waals surface area contributed by atoms with Crippen LogP contribution in [0.4, 0.5) is 0 Å². The first-order chi connectivity index (χ1) is 8.20. The Morgan fingerprint density at radius 3 is 2.41 bits per heavy atom. The minimum Gasteiger partial charge on any atom is -0.497 e. The molecule has 3 heteroatoms. The van der Waals surface area contributed by atoms with Gasteiger partial charge >= 0.3 is 0 Å². The van der Waals surface area contributed by atoms with Gasteiger partial charge in [-0.05, 0) is 37.1 Å². The van der Waals surface area contributed by atoms with Gasteiger partial charge in [-0.3, -0.25) is 0 Å². The van der Waals surface area contributed by atoms with Crippen LogP contribution in [0.2, 0.25) is 0 Å². The molecule has 2 rings (SSSR count). The number of nitrogens with zero attached hydrogens (tertiary/aromatic N) is 2. The molecule has 0 bridgehead atoms. The highest BCUT2D eigenvalue weighted by atomic mass is 16.5. The van der Waals surface area contributed by atoms with Gasteiger partial charge in [-0.15, -0.1) is 0 Å². The van der Waals surface area contributed by atoms with E-state index in [9.17, 15) is 0 Å². The number of benzene rings is 1. The van der Waals surface area contributed by atoms with Crippen molar-refractivity contribution in [2.24, 2.45) is 7.05 Å². The van der Waals surface area contributed by atoms with Crippen molar-refractivity contribution in [1.82, 2.24) is 9.55 Å². The Kier molecular flexibility index (Phi) is 3.15. The molecule has 1 aromatic carbocycles. The molecule has 0 unspecified atom stereocenters. The number of aromatic nitrogens is 2. The summed E-state index contributed by atoms with van der Waals surface area (Å²) in [6.45, 7) is 1.96. The fraction of sp³-hybridized carbons (Fsp3) is 0.214. The molecule has 86 valence electrons. The molecule has 0 spiro atoms. The van der Waals surface area contributed by atoms with E-state index < -0.39 is 0 Å². The van der Waals surface area contributed by atoms with Crippen LogP contribution in [0.15, 0.2) is 30.5 Å². The molecule has 0 saturated carbocycles. The second-order valence-corrected chi connectivity index (χ2v) is 3.73. The summed E-state index contributed by atoms with van der Waals surface area (Å²) < 4.78 is 7.06. The van der Waals surface area contributed by atoms with Crippen molar-refractivity contribution in [3.05, 3.63) is 47.5 Å². The summed E-state index contributed by atoms with van der Waals surface area (Å²) in [6.07, 6.45) is 1.78. The summed E-state index contributed by atoms with van der Waals surface area (Å²) in [7, 11) is 3.61. The molecule has 0 N–H and O–H groups in total. The molecule has 17 heavy (non-hydrogen) atoms. The van der Waals surface area contributed by atoms with E-state index in [-0.39, 0.29) is 0 Å². The normalized spacial score (nSPS) is 9.59. The minimum atomic E-state index is 0.840. The monoisotopic (exact) mass is 226 g/mol. The Labute approximate surface area is 101 Å². The van der Waals surface area contributed by atoms with Crippen LogP contribution >= 0.6 is 0 Å². The maximum Gasteiger partial charge on any atom is 0.118 e. The molecule has 0 fully saturated rings. The van der Waals surface area contributed by atoms with Crippen LogP contribution in [0.25, 0.3) is 0 Å². The highest BCUT2D eigenvalue weighted by Crippen LogP contribution is 2.10. The number of ether oxygens (including phenoxy) is 1. The van der Waals surface area contributed by atoms with Crippen molar-refractivity contribution in [2.75, 3.05) is 7.11 Å². The summed E-state index contributed by atoms with van der Waals surface area (Å²) in [5, 5.41) is 0. The van der Waals surface area contributed by atoms with Crippen LogP contribution in [0.3, 0.4) is 0 Å². The van der Waals surface area contributed by atoms with Crippen molar-refractivity contribution < 1.29 is 4.74 Å². The molecule has 0 atom stereocenters. The Balaban J connectivity index is 2.23. The van der Waals surface area contributed by atoms with Crippen LogP contribution < -0.4 is 4.74 Å². The summed E-state index contributed by atoms with van der Waals surface area (Å²) in [4.78, 5) is 4.20. The molecule has 2 aromatic rings. The Morgan fingerprint density at radius 1 is 1.18 bits per heavy atom. The van der Waals surface area contributed by atoms with Crippen LogP contribution in [0, 0.1) is 18.8 Å². The van der Waals surface area contributed by atoms with Gasteiger partial charge < -0.3 is 9.30 Å². The molecule has 3 nitrogen and oxygen atoms in total. The predicted octanol–water partition coefficient (Wildman–Crippen LogP) is 2.14. The number of aryl methyl sites for hydroxylation is 1. The summed E-state index contributed by atoms with van der Waals surface area (Å²) >= 11 is 0. The van der Waals surface area contributed by atoms with Gasteiger partial charge in [0.05, 0.1) is 13.3 Å². The van der Waals surface area contributed by atoms with Crippen molar-refractivity contribution in [3.8, 4) is 17.6 Å². The Morgan fingerprint density at radius 2 is 1.88 bits per heavy atom. The molecule has 0 radical (unpaired) electrons. The second-order valence-electron chi connectivity index (χ2n) is 3.73. The molecule has 1 aromatic heterocycles. The molecular formula is C14H14N2O. The second kappa shape index (κ2) is 4.75. The molecule has 0 aliphatic rings. The zero-order chi connectivity index (χ0) is 12.3. The van der Waals surface area contributed by atoms with Crippen LogP contribution in [-0.4, -0.2) is 16.7 Å². The maximum absolute atomic E-state index is 5.09. The van der Waals surface area contributed by atoms with Crippen LogP contribution in [0.1, 0.15) is 17.1 Å². The third-order valence-corrected chi connectivity index (χ3v) is 2.65. The molecule has 0 saturated heterocycles. The number of rotatable bonds is 1. The maximum atomic E-state index is 5.09. The smallest absolute Gasteiger partial charge is 0.118 e. The highest BCUT2D eigenvalue weighted by molar-refractivity contribution is 5.42. The van der Waals surface area contributed by atoms with E-state index in [4.69, 9.17) is 4.74 Å². The summed E-state index contributed by atoms with van der Waals surface area (Å²) in [5.74, 6) is 8.00. The third-order valence-electron chi connectivity index (χ3n) is 2.65. The zero-order valence-corrected chi connectivity index (χ0v) is 10.2. The predicted molar refractivity (Wildman–Crippen MR) is 66.9 cm³/mol. The van der Waals surface area contributed by atoms with Crippen molar-refractivity contribution in [3.63, 3.8) is 0 Å². The van der Waals surface area contributed by atoms with E-state index in [1.807, 2.05) is 42.8 Å². The van der Waals surface area contributed by atoms with E-state index in [2.05, 4.69) is 16.8 Å². The van der Waals surface area contributed by atoms with Gasteiger partial charge in [-0.25, -0.2) is 4.98 Å². The van der Waals surface area contributed by atoms with Gasteiger partial charge in [0, 0.05) is 12.6 Å². The summed E-state index contributed by atoms with van der Waals surface area (Å²) in [5.41, 5.74) is 1.88. The molecule has 0 aliphatic heterocycles. The quantitative estimate of drug-likeness (QED) is 0.696. The standard InChI is InChI=1S/C14H14N2O/c1-11-15-10-13(16(11)2)7-4-12-5-8-14(17-3)9-6-12/h5-6,8-10H,1-3H3. The van der Waals surface area contributed by atoms with Crippen molar-refractivity contribution in [2.45, 2.75) is 6.92 Å². The van der Waals surface area contributed by atoms with Crippen LogP contribution in [0.5, 0.6) is 5.75 Å². The third kappa shape index (κ3) is 2.48. The number of imidazole rings is 1.